The summed E-state index contributed by atoms with van der Waals surface area (Å²) in [6.45, 7) is 3.51. The monoisotopic (exact) mass is 314 g/mol. The van der Waals surface area contributed by atoms with Gasteiger partial charge >= 0.3 is 0 Å². The Morgan fingerprint density at radius 2 is 2.25 bits per heavy atom. The summed E-state index contributed by atoms with van der Waals surface area (Å²) >= 11 is 0.945. The van der Waals surface area contributed by atoms with Gasteiger partial charge < -0.3 is 10.7 Å². The van der Waals surface area contributed by atoms with Crippen LogP contribution in [-0.2, 0) is 10.0 Å². The maximum Gasteiger partial charge on any atom is 0.250 e. The van der Waals surface area contributed by atoms with E-state index < -0.39 is 22.0 Å². The van der Waals surface area contributed by atoms with Crippen LogP contribution in [0.15, 0.2) is 21.9 Å². The highest BCUT2D eigenvalue weighted by Crippen LogP contribution is 2.22. The van der Waals surface area contributed by atoms with Crippen LogP contribution in [0.3, 0.4) is 0 Å². The van der Waals surface area contributed by atoms with Gasteiger partial charge in [-0.3, -0.25) is 4.79 Å². The van der Waals surface area contributed by atoms with Gasteiger partial charge in [0.25, 0.3) is 10.0 Å². The van der Waals surface area contributed by atoms with Crippen LogP contribution < -0.4 is 10.5 Å². The zero-order valence-electron chi connectivity index (χ0n) is 10.9. The molecule has 2 aromatic heterocycles. The first-order chi connectivity index (χ1) is 9.29. The van der Waals surface area contributed by atoms with Crippen LogP contribution in [0.2, 0.25) is 0 Å². The Hall–Kier alpha value is -1.71. The second kappa shape index (κ2) is 5.35. The van der Waals surface area contributed by atoms with Crippen molar-refractivity contribution >= 4 is 27.3 Å². The number of amides is 1. The number of primary amides is 1. The van der Waals surface area contributed by atoms with E-state index in [0.29, 0.717) is 5.82 Å². The van der Waals surface area contributed by atoms with E-state index in [9.17, 15) is 13.2 Å². The van der Waals surface area contributed by atoms with Crippen LogP contribution in [0.1, 0.15) is 34.8 Å². The summed E-state index contributed by atoms with van der Waals surface area (Å²) in [7, 11) is -3.71. The van der Waals surface area contributed by atoms with Crippen molar-refractivity contribution in [3.63, 3.8) is 0 Å². The van der Waals surface area contributed by atoms with E-state index in [1.165, 1.54) is 11.4 Å². The number of nitrogens with two attached hydrogens (primary N) is 1. The lowest BCUT2D eigenvalue weighted by molar-refractivity contribution is 0.100. The van der Waals surface area contributed by atoms with Crippen molar-refractivity contribution in [1.29, 1.82) is 0 Å². The lowest BCUT2D eigenvalue weighted by Crippen LogP contribution is -2.27. The lowest BCUT2D eigenvalue weighted by atomic mass is 10.3. The molecule has 0 bridgehead atoms. The molecule has 0 spiro atoms. The molecule has 0 aliphatic heterocycles. The fraction of sp³-hybridized carbons (Fsp3) is 0.273. The predicted molar refractivity (Wildman–Crippen MR) is 74.9 cm³/mol. The number of nitrogens with zero attached hydrogens (tertiary/aromatic N) is 1. The van der Waals surface area contributed by atoms with Crippen molar-refractivity contribution in [2.24, 2.45) is 5.73 Å². The van der Waals surface area contributed by atoms with Crippen molar-refractivity contribution in [3.05, 3.63) is 34.7 Å². The average Bonchev–Trinajstić information content (AvgIpc) is 2.96. The van der Waals surface area contributed by atoms with E-state index >= 15 is 0 Å². The molecule has 20 heavy (non-hydrogen) atoms. The molecular weight excluding hydrogens is 300 g/mol. The van der Waals surface area contributed by atoms with E-state index in [4.69, 9.17) is 5.73 Å². The number of aromatic nitrogens is 2. The number of aromatic amines is 1. The summed E-state index contributed by atoms with van der Waals surface area (Å²) in [4.78, 5) is 18.0. The minimum atomic E-state index is -3.71. The van der Waals surface area contributed by atoms with Crippen LogP contribution in [-0.4, -0.2) is 24.3 Å². The number of nitrogens with one attached hydrogen (secondary N) is 2. The predicted octanol–water partition coefficient (Wildman–Crippen LogP) is 0.918. The first-order valence-electron chi connectivity index (χ1n) is 5.72. The smallest absolute Gasteiger partial charge is 0.250 e. The van der Waals surface area contributed by atoms with Crippen LogP contribution in [0.5, 0.6) is 0 Å². The highest BCUT2D eigenvalue weighted by Gasteiger charge is 2.22. The normalized spacial score (nSPS) is 13.3. The molecule has 0 aromatic carbocycles. The Morgan fingerprint density at radius 3 is 2.75 bits per heavy atom. The minimum absolute atomic E-state index is 0.0430. The number of thiophene rings is 1. The molecule has 7 nitrogen and oxygen atoms in total. The van der Waals surface area contributed by atoms with Crippen molar-refractivity contribution < 1.29 is 13.2 Å². The molecule has 0 fully saturated rings. The molecule has 0 saturated carbocycles. The lowest BCUT2D eigenvalue weighted by Gasteiger charge is -2.10. The Labute approximate surface area is 120 Å². The number of H-pyrrole nitrogens is 1. The van der Waals surface area contributed by atoms with Gasteiger partial charge in [0.05, 0.1) is 11.6 Å². The van der Waals surface area contributed by atoms with Gasteiger partial charge in [-0.1, -0.05) is 0 Å². The van der Waals surface area contributed by atoms with Gasteiger partial charge in [0.1, 0.15) is 10.0 Å². The zero-order valence-corrected chi connectivity index (χ0v) is 12.5. The maximum atomic E-state index is 12.2. The van der Waals surface area contributed by atoms with Crippen LogP contribution >= 0.6 is 11.3 Å². The molecule has 0 aliphatic carbocycles. The van der Waals surface area contributed by atoms with Crippen LogP contribution in [0, 0.1) is 6.92 Å². The number of rotatable bonds is 5. The number of carbonyl (C=O) groups excluding carboxylic acids is 1. The average molecular weight is 314 g/mol. The molecule has 4 N–H and O–H groups in total. The molecule has 0 aliphatic rings. The van der Waals surface area contributed by atoms with Crippen LogP contribution in [0.25, 0.3) is 0 Å². The van der Waals surface area contributed by atoms with E-state index in [1.807, 2.05) is 6.92 Å². The molecule has 1 atom stereocenters. The second-order valence-electron chi connectivity index (χ2n) is 4.31. The SMILES string of the molecule is Cc1cnc([C@H](C)NS(=O)(=O)c2cc(C(N)=O)cs2)[nH]1. The Balaban J connectivity index is 2.20. The number of hydrogen-bond acceptors (Lipinski definition) is 5. The summed E-state index contributed by atoms with van der Waals surface area (Å²) in [6, 6.07) is 0.753. The molecule has 2 aromatic rings. The quantitative estimate of drug-likeness (QED) is 0.760. The molecule has 0 radical (unpaired) electrons. The summed E-state index contributed by atoms with van der Waals surface area (Å²) in [5.41, 5.74) is 6.13. The molecule has 0 unspecified atom stereocenters. The second-order valence-corrected chi connectivity index (χ2v) is 7.17. The minimum Gasteiger partial charge on any atom is -0.366 e. The third-order valence-corrected chi connectivity index (χ3v) is 5.57. The Morgan fingerprint density at radius 1 is 1.55 bits per heavy atom. The van der Waals surface area contributed by atoms with Crippen molar-refractivity contribution in [3.8, 4) is 0 Å². The number of hydrogen-bond donors (Lipinski definition) is 3. The van der Waals surface area contributed by atoms with Gasteiger partial charge in [-0.05, 0) is 19.9 Å². The maximum absolute atomic E-state index is 12.2. The van der Waals surface area contributed by atoms with Crippen molar-refractivity contribution in [1.82, 2.24) is 14.7 Å². The Bertz CT molecular complexity index is 732. The molecule has 2 rings (SSSR count). The fourth-order valence-corrected chi connectivity index (χ4v) is 3.98. The number of aryl methyl sites for hydroxylation is 1. The summed E-state index contributed by atoms with van der Waals surface area (Å²) in [6.07, 6.45) is 1.62. The van der Waals surface area contributed by atoms with E-state index in [0.717, 1.165) is 17.0 Å². The van der Waals surface area contributed by atoms with Crippen molar-refractivity contribution in [2.45, 2.75) is 24.1 Å². The summed E-state index contributed by atoms with van der Waals surface area (Å²) < 4.78 is 26.9. The third kappa shape index (κ3) is 3.06. The third-order valence-electron chi connectivity index (χ3n) is 2.59. The van der Waals surface area contributed by atoms with Gasteiger partial charge in [-0.2, -0.15) is 0 Å². The van der Waals surface area contributed by atoms with Crippen LogP contribution in [0.4, 0.5) is 0 Å². The number of carbonyl (C=O) groups is 1. The summed E-state index contributed by atoms with van der Waals surface area (Å²) in [5.74, 6) is -0.129. The molecule has 2 heterocycles. The van der Waals surface area contributed by atoms with Gasteiger partial charge in [-0.25, -0.2) is 18.1 Å². The summed E-state index contributed by atoms with van der Waals surface area (Å²) in [5, 5.41) is 1.42. The molecular formula is C11H14N4O3S2. The van der Waals surface area contributed by atoms with Crippen molar-refractivity contribution in [2.75, 3.05) is 0 Å². The zero-order chi connectivity index (χ0) is 14.9. The first-order valence-corrected chi connectivity index (χ1v) is 8.08. The molecule has 1 amide bonds. The topological polar surface area (TPSA) is 118 Å². The standard InChI is InChI=1S/C11H14N4O3S2/c1-6-4-13-11(14-6)7(2)15-20(17,18)9-3-8(5-19-9)10(12)16/h3-5,7,15H,1-2H3,(H2,12,16)(H,13,14)/t7-/m0/s1. The number of sulfonamides is 1. The van der Waals surface area contributed by atoms with E-state index in [1.54, 1.807) is 13.1 Å². The van der Waals surface area contributed by atoms with Gasteiger partial charge in [0, 0.05) is 17.3 Å². The molecule has 108 valence electrons. The molecule has 0 saturated heterocycles. The van der Waals surface area contributed by atoms with Gasteiger partial charge in [0.15, 0.2) is 0 Å². The van der Waals surface area contributed by atoms with Gasteiger partial charge in [-0.15, -0.1) is 11.3 Å². The highest BCUT2D eigenvalue weighted by atomic mass is 32.2. The molecule has 9 heteroatoms. The highest BCUT2D eigenvalue weighted by molar-refractivity contribution is 7.91. The van der Waals surface area contributed by atoms with E-state index in [-0.39, 0.29) is 9.77 Å². The van der Waals surface area contributed by atoms with E-state index in [2.05, 4.69) is 14.7 Å². The largest absolute Gasteiger partial charge is 0.366 e. The Kier molecular flexibility index (Phi) is 3.93. The first kappa shape index (κ1) is 14.7. The fourth-order valence-electron chi connectivity index (χ4n) is 1.59. The number of imidazole rings is 1. The van der Waals surface area contributed by atoms with Gasteiger partial charge in [0.2, 0.25) is 5.91 Å².